The number of rotatable bonds is 5. The smallest absolute Gasteiger partial charge is 0.224 e. The van der Waals surface area contributed by atoms with Crippen molar-refractivity contribution in [2.45, 2.75) is 25.7 Å². The van der Waals surface area contributed by atoms with Gasteiger partial charge in [-0.05, 0) is 42.4 Å². The summed E-state index contributed by atoms with van der Waals surface area (Å²) in [5.74, 6) is 1.03. The average Bonchev–Trinajstić information content (AvgIpc) is 2.86. The third-order valence-corrected chi connectivity index (χ3v) is 4.69. The van der Waals surface area contributed by atoms with Crippen molar-refractivity contribution in [2.75, 3.05) is 11.9 Å². The lowest BCUT2D eigenvalue weighted by atomic mass is 9.98. The van der Waals surface area contributed by atoms with E-state index in [2.05, 4.69) is 21.2 Å². The van der Waals surface area contributed by atoms with E-state index in [1.165, 1.54) is 31.4 Å². The van der Waals surface area contributed by atoms with Crippen molar-refractivity contribution < 1.29 is 9.18 Å². The molecular weight excluding hydrogens is 309 g/mol. The van der Waals surface area contributed by atoms with Crippen LogP contribution in [0.4, 0.5) is 4.39 Å². The third-order valence-electron chi connectivity index (χ3n) is 3.85. The van der Waals surface area contributed by atoms with E-state index in [4.69, 9.17) is 0 Å². The number of benzene rings is 1. The Hall–Kier alpha value is -0.900. The predicted molar refractivity (Wildman–Crippen MR) is 77.7 cm³/mol. The van der Waals surface area contributed by atoms with Crippen molar-refractivity contribution in [1.82, 2.24) is 5.32 Å². The van der Waals surface area contributed by atoms with Gasteiger partial charge in [0.05, 0.1) is 6.42 Å². The van der Waals surface area contributed by atoms with Gasteiger partial charge in [-0.3, -0.25) is 4.79 Å². The lowest BCUT2D eigenvalue weighted by Gasteiger charge is -2.17. The molecule has 2 unspecified atom stereocenters. The van der Waals surface area contributed by atoms with Gasteiger partial charge in [-0.15, -0.1) is 0 Å². The van der Waals surface area contributed by atoms with Crippen LogP contribution < -0.4 is 5.32 Å². The predicted octanol–water partition coefficient (Wildman–Crippen LogP) is 3.30. The van der Waals surface area contributed by atoms with E-state index in [1.807, 2.05) is 0 Å². The Bertz CT molecular complexity index is 421. The van der Waals surface area contributed by atoms with Crippen LogP contribution in [0.15, 0.2) is 24.3 Å². The molecule has 1 amide bonds. The molecule has 1 aliphatic rings. The van der Waals surface area contributed by atoms with Crippen LogP contribution in [0.1, 0.15) is 24.8 Å². The summed E-state index contributed by atoms with van der Waals surface area (Å²) in [5.41, 5.74) is 0.849. The number of nitrogens with one attached hydrogen (secondary N) is 1. The molecule has 0 spiro atoms. The van der Waals surface area contributed by atoms with E-state index in [0.717, 1.165) is 17.4 Å². The monoisotopic (exact) mass is 327 g/mol. The molecule has 1 N–H and O–H groups in total. The van der Waals surface area contributed by atoms with Gasteiger partial charge in [-0.2, -0.15) is 0 Å². The fourth-order valence-electron chi connectivity index (χ4n) is 2.68. The maximum Gasteiger partial charge on any atom is 0.224 e. The van der Waals surface area contributed by atoms with Crippen LogP contribution in [0, 0.1) is 17.7 Å². The summed E-state index contributed by atoms with van der Waals surface area (Å²) >= 11 is 3.54. The molecule has 2 rings (SSSR count). The maximum absolute atomic E-state index is 12.8. The van der Waals surface area contributed by atoms with Gasteiger partial charge in [-0.1, -0.05) is 34.5 Å². The van der Waals surface area contributed by atoms with Gasteiger partial charge in [0.15, 0.2) is 0 Å². The van der Waals surface area contributed by atoms with Gasteiger partial charge in [0.2, 0.25) is 5.91 Å². The summed E-state index contributed by atoms with van der Waals surface area (Å²) in [4.78, 5) is 11.8. The molecule has 2 atom stereocenters. The molecular formula is C15H19BrFNO. The first kappa shape index (κ1) is 14.5. The van der Waals surface area contributed by atoms with Crippen LogP contribution in [0.25, 0.3) is 0 Å². The summed E-state index contributed by atoms with van der Waals surface area (Å²) in [5, 5.41) is 4.02. The summed E-state index contributed by atoms with van der Waals surface area (Å²) in [6.45, 7) is 0.760. The number of alkyl halides is 1. The van der Waals surface area contributed by atoms with Gasteiger partial charge >= 0.3 is 0 Å². The number of hydrogen-bond donors (Lipinski definition) is 1. The molecule has 0 aromatic heterocycles. The van der Waals surface area contributed by atoms with Crippen LogP contribution in [-0.4, -0.2) is 17.8 Å². The topological polar surface area (TPSA) is 29.1 Å². The summed E-state index contributed by atoms with van der Waals surface area (Å²) in [7, 11) is 0. The number of carbonyl (C=O) groups is 1. The Labute approximate surface area is 121 Å². The molecule has 104 valence electrons. The minimum Gasteiger partial charge on any atom is -0.356 e. The van der Waals surface area contributed by atoms with E-state index in [-0.39, 0.29) is 11.7 Å². The van der Waals surface area contributed by atoms with Crippen LogP contribution in [0.5, 0.6) is 0 Å². The summed E-state index contributed by atoms with van der Waals surface area (Å²) in [6.07, 6.45) is 4.04. The van der Waals surface area contributed by atoms with Crippen molar-refractivity contribution in [3.05, 3.63) is 35.6 Å². The molecule has 1 saturated carbocycles. The molecule has 0 bridgehead atoms. The minimum absolute atomic E-state index is 0.0202. The average molecular weight is 328 g/mol. The van der Waals surface area contributed by atoms with Crippen LogP contribution in [0.3, 0.4) is 0 Å². The molecule has 0 radical (unpaired) electrons. The molecule has 0 aliphatic heterocycles. The highest BCUT2D eigenvalue weighted by molar-refractivity contribution is 9.09. The highest BCUT2D eigenvalue weighted by Crippen LogP contribution is 2.32. The van der Waals surface area contributed by atoms with Crippen molar-refractivity contribution in [1.29, 1.82) is 0 Å². The van der Waals surface area contributed by atoms with Crippen molar-refractivity contribution >= 4 is 21.8 Å². The highest BCUT2D eigenvalue weighted by atomic mass is 79.9. The van der Waals surface area contributed by atoms with Gasteiger partial charge in [0.1, 0.15) is 5.82 Å². The fourth-order valence-corrected chi connectivity index (χ4v) is 3.53. The van der Waals surface area contributed by atoms with Gasteiger partial charge in [0.25, 0.3) is 0 Å². The largest absolute Gasteiger partial charge is 0.356 e. The van der Waals surface area contributed by atoms with Gasteiger partial charge < -0.3 is 5.32 Å². The zero-order valence-electron chi connectivity index (χ0n) is 10.9. The quantitative estimate of drug-likeness (QED) is 0.826. The fraction of sp³-hybridized carbons (Fsp3) is 0.533. The van der Waals surface area contributed by atoms with E-state index in [9.17, 15) is 9.18 Å². The highest BCUT2D eigenvalue weighted by Gasteiger charge is 2.26. The molecule has 1 aromatic carbocycles. The Morgan fingerprint density at radius 3 is 2.63 bits per heavy atom. The van der Waals surface area contributed by atoms with Crippen molar-refractivity contribution in [2.24, 2.45) is 11.8 Å². The maximum atomic E-state index is 12.8. The lowest BCUT2D eigenvalue weighted by molar-refractivity contribution is -0.120. The second-order valence-corrected chi connectivity index (χ2v) is 5.86. The SMILES string of the molecule is O=C(Cc1ccc(F)cc1)NCC1CCCC1CBr. The van der Waals surface area contributed by atoms with E-state index in [0.29, 0.717) is 18.3 Å². The normalized spacial score (nSPS) is 22.4. The second kappa shape index (κ2) is 7.04. The van der Waals surface area contributed by atoms with Crippen LogP contribution in [-0.2, 0) is 11.2 Å². The van der Waals surface area contributed by atoms with Gasteiger partial charge in [-0.25, -0.2) is 4.39 Å². The molecule has 19 heavy (non-hydrogen) atoms. The molecule has 4 heteroatoms. The van der Waals surface area contributed by atoms with Gasteiger partial charge in [0, 0.05) is 11.9 Å². The third kappa shape index (κ3) is 4.30. The zero-order valence-corrected chi connectivity index (χ0v) is 12.5. The summed E-state index contributed by atoms with van der Waals surface area (Å²) in [6, 6.07) is 6.10. The number of carbonyl (C=O) groups excluding carboxylic acids is 1. The molecule has 0 heterocycles. The minimum atomic E-state index is -0.268. The summed E-state index contributed by atoms with van der Waals surface area (Å²) < 4.78 is 12.8. The van der Waals surface area contributed by atoms with Crippen molar-refractivity contribution in [3.8, 4) is 0 Å². The Morgan fingerprint density at radius 1 is 1.26 bits per heavy atom. The number of halogens is 2. The van der Waals surface area contributed by atoms with E-state index < -0.39 is 0 Å². The lowest BCUT2D eigenvalue weighted by Crippen LogP contribution is -2.32. The first-order valence-electron chi connectivity index (χ1n) is 6.76. The van der Waals surface area contributed by atoms with Crippen molar-refractivity contribution in [3.63, 3.8) is 0 Å². The number of amides is 1. The molecule has 0 saturated heterocycles. The molecule has 2 nitrogen and oxygen atoms in total. The standard InChI is InChI=1S/C15H19BrFNO/c16-9-12-2-1-3-13(12)10-18-15(19)8-11-4-6-14(17)7-5-11/h4-7,12-13H,1-3,8-10H2,(H,18,19). The number of hydrogen-bond acceptors (Lipinski definition) is 1. The van der Waals surface area contributed by atoms with E-state index in [1.54, 1.807) is 12.1 Å². The first-order chi connectivity index (χ1) is 9.19. The zero-order chi connectivity index (χ0) is 13.7. The Kier molecular flexibility index (Phi) is 5.37. The Balaban J connectivity index is 1.77. The first-order valence-corrected chi connectivity index (χ1v) is 7.88. The second-order valence-electron chi connectivity index (χ2n) is 5.21. The molecule has 1 aromatic rings. The van der Waals surface area contributed by atoms with Crippen LogP contribution >= 0.6 is 15.9 Å². The molecule has 1 fully saturated rings. The van der Waals surface area contributed by atoms with E-state index >= 15 is 0 Å². The Morgan fingerprint density at radius 2 is 1.95 bits per heavy atom. The molecule has 1 aliphatic carbocycles. The van der Waals surface area contributed by atoms with Crippen LogP contribution in [0.2, 0.25) is 0 Å².